The molecular weight excluding hydrogens is 302 g/mol. The van der Waals surface area contributed by atoms with Gasteiger partial charge in [-0.25, -0.2) is 9.59 Å². The second-order valence-electron chi connectivity index (χ2n) is 4.20. The Morgan fingerprint density at radius 3 is 2.13 bits per heavy atom. The normalized spacial score (nSPS) is 9.52. The second kappa shape index (κ2) is 9.24. The highest BCUT2D eigenvalue weighted by Crippen LogP contribution is 2.10. The summed E-state index contributed by atoms with van der Waals surface area (Å²) in [5.41, 5.74) is -0.0773. The van der Waals surface area contributed by atoms with E-state index in [1.54, 1.807) is 19.9 Å². The molecule has 0 saturated heterocycles. The number of rotatable bonds is 7. The minimum Gasteiger partial charge on any atom is -0.493 e. The Morgan fingerprint density at radius 2 is 1.61 bits per heavy atom. The lowest BCUT2D eigenvalue weighted by atomic mass is 10.3. The summed E-state index contributed by atoms with van der Waals surface area (Å²) in [6, 6.07) is 5.86. The first-order valence-electron chi connectivity index (χ1n) is 7.02. The van der Waals surface area contributed by atoms with Crippen molar-refractivity contribution in [1.82, 2.24) is 0 Å². The van der Waals surface area contributed by atoms with Gasteiger partial charge >= 0.3 is 11.9 Å². The van der Waals surface area contributed by atoms with Crippen molar-refractivity contribution in [2.45, 2.75) is 13.8 Å². The Balaban J connectivity index is 3.05. The van der Waals surface area contributed by atoms with Gasteiger partial charge < -0.3 is 19.5 Å². The van der Waals surface area contributed by atoms with Crippen LogP contribution in [-0.4, -0.2) is 32.3 Å². The molecule has 1 rings (SSSR count). The smallest absolute Gasteiger partial charge is 0.347 e. The van der Waals surface area contributed by atoms with Crippen molar-refractivity contribution in [2.75, 3.05) is 25.6 Å². The summed E-state index contributed by atoms with van der Waals surface area (Å²) in [6.45, 7) is 3.53. The lowest BCUT2D eigenvalue weighted by molar-refractivity contribution is -0.146. The van der Waals surface area contributed by atoms with Crippen molar-refractivity contribution >= 4 is 17.6 Å². The first kappa shape index (κ1) is 18.2. The third-order valence-electron chi connectivity index (χ3n) is 2.67. The van der Waals surface area contributed by atoms with Gasteiger partial charge in [0, 0.05) is 11.9 Å². The fourth-order valence-corrected chi connectivity index (χ4v) is 1.59. The third-order valence-corrected chi connectivity index (χ3v) is 2.67. The van der Waals surface area contributed by atoms with Crippen LogP contribution in [0.2, 0.25) is 0 Å². The van der Waals surface area contributed by atoms with Gasteiger partial charge in [-0.15, -0.1) is 0 Å². The predicted molar refractivity (Wildman–Crippen MR) is 84.2 cm³/mol. The van der Waals surface area contributed by atoms with Crippen molar-refractivity contribution in [3.63, 3.8) is 0 Å². The number of hydrogen-bond acceptors (Lipinski definition) is 7. The quantitative estimate of drug-likeness (QED) is 0.352. The van der Waals surface area contributed by atoms with Crippen LogP contribution in [0.5, 0.6) is 5.75 Å². The maximum atomic E-state index is 11.8. The molecule has 0 aliphatic rings. The first-order valence-corrected chi connectivity index (χ1v) is 7.02. The van der Waals surface area contributed by atoms with Gasteiger partial charge in [0.25, 0.3) is 0 Å². The van der Waals surface area contributed by atoms with E-state index in [9.17, 15) is 14.4 Å². The van der Waals surface area contributed by atoms with Gasteiger partial charge in [-0.3, -0.25) is 4.79 Å². The molecule has 7 heteroatoms. The summed E-state index contributed by atoms with van der Waals surface area (Å²) >= 11 is 0. The van der Waals surface area contributed by atoms with Crippen molar-refractivity contribution in [3.8, 4) is 5.75 Å². The van der Waals surface area contributed by atoms with Crippen LogP contribution < -0.4 is 15.5 Å². The Labute approximate surface area is 133 Å². The Kier molecular flexibility index (Phi) is 7.32. The zero-order valence-electron chi connectivity index (χ0n) is 13.3. The van der Waals surface area contributed by atoms with E-state index in [0.717, 1.165) is 0 Å². The molecule has 0 atom stereocenters. The third kappa shape index (κ3) is 5.46. The molecule has 0 unspecified atom stereocenters. The van der Waals surface area contributed by atoms with E-state index >= 15 is 0 Å². The maximum absolute atomic E-state index is 11.8. The van der Waals surface area contributed by atoms with Gasteiger partial charge in [-0.05, 0) is 38.1 Å². The minimum atomic E-state index is -0.791. The average Bonchev–Trinajstić information content (AvgIpc) is 2.70. The Bertz CT molecular complexity index is 633. The average molecular weight is 321 g/mol. The predicted octanol–water partition coefficient (Wildman–Crippen LogP) is 1.48. The van der Waals surface area contributed by atoms with Crippen LogP contribution in [0.25, 0.3) is 0 Å². The Morgan fingerprint density at radius 1 is 1.04 bits per heavy atom. The molecule has 0 fully saturated rings. The van der Waals surface area contributed by atoms with Crippen molar-refractivity contribution < 1.29 is 23.8 Å². The van der Waals surface area contributed by atoms with Crippen LogP contribution >= 0.6 is 0 Å². The first-order chi connectivity index (χ1) is 11.0. The van der Waals surface area contributed by atoms with Crippen molar-refractivity contribution in [1.29, 1.82) is 0 Å². The van der Waals surface area contributed by atoms with E-state index in [0.29, 0.717) is 5.69 Å². The molecular formula is C16H19NO6. The van der Waals surface area contributed by atoms with Crippen LogP contribution in [0, 0.1) is 0 Å². The molecule has 0 aromatic heterocycles. The van der Waals surface area contributed by atoms with Gasteiger partial charge in [0.15, 0.2) is 11.3 Å². The molecule has 0 radical (unpaired) electrons. The molecule has 0 bridgehead atoms. The summed E-state index contributed by atoms with van der Waals surface area (Å²) < 4.78 is 14.6. The van der Waals surface area contributed by atoms with E-state index in [1.165, 1.54) is 31.5 Å². The standard InChI is InChI=1S/C16H19NO6/c1-4-22-15(19)12(16(20)23-5-2)10-17-11-6-8-13(18)14(21-3)9-7-11/h6-10,17H,4-5H2,1-3H3. The molecule has 0 spiro atoms. The number of methoxy groups -OCH3 is 1. The van der Waals surface area contributed by atoms with E-state index in [4.69, 9.17) is 14.2 Å². The highest BCUT2D eigenvalue weighted by Gasteiger charge is 2.20. The SMILES string of the molecule is CCOC(=O)C(=CNc1ccc(OC)c(=O)cc1)C(=O)OCC. The summed E-state index contributed by atoms with van der Waals surface area (Å²) in [7, 11) is 1.39. The van der Waals surface area contributed by atoms with Gasteiger partial charge in [0.05, 0.1) is 20.3 Å². The molecule has 1 aromatic carbocycles. The molecule has 0 aliphatic carbocycles. The zero-order chi connectivity index (χ0) is 17.2. The monoisotopic (exact) mass is 321 g/mol. The highest BCUT2D eigenvalue weighted by atomic mass is 16.6. The molecule has 7 nitrogen and oxygen atoms in total. The fraction of sp³-hybridized carbons (Fsp3) is 0.312. The number of esters is 2. The van der Waals surface area contributed by atoms with Gasteiger partial charge in [0.1, 0.15) is 0 Å². The minimum absolute atomic E-state index is 0.132. The maximum Gasteiger partial charge on any atom is 0.347 e. The zero-order valence-corrected chi connectivity index (χ0v) is 13.3. The second-order valence-corrected chi connectivity index (χ2v) is 4.20. The molecule has 124 valence electrons. The van der Waals surface area contributed by atoms with Crippen LogP contribution in [0.15, 0.2) is 40.8 Å². The largest absolute Gasteiger partial charge is 0.493 e. The van der Waals surface area contributed by atoms with Gasteiger partial charge in [-0.2, -0.15) is 0 Å². The molecule has 0 amide bonds. The molecule has 0 heterocycles. The van der Waals surface area contributed by atoms with Crippen LogP contribution in [-0.2, 0) is 19.1 Å². The summed E-state index contributed by atoms with van der Waals surface area (Å²) in [6.07, 6.45) is 1.18. The highest BCUT2D eigenvalue weighted by molar-refractivity contribution is 6.14. The number of carbonyl (C=O) groups excluding carboxylic acids is 2. The number of hydrogen-bond donors (Lipinski definition) is 1. The lowest BCUT2D eigenvalue weighted by Crippen LogP contribution is -2.19. The van der Waals surface area contributed by atoms with E-state index in [-0.39, 0.29) is 30.0 Å². The number of carbonyl (C=O) groups is 2. The van der Waals surface area contributed by atoms with Crippen molar-refractivity contribution in [3.05, 3.63) is 46.3 Å². The van der Waals surface area contributed by atoms with Gasteiger partial charge in [-0.1, -0.05) is 0 Å². The molecule has 0 saturated carbocycles. The molecule has 0 aliphatic heterocycles. The van der Waals surface area contributed by atoms with Gasteiger partial charge in [0.2, 0.25) is 5.43 Å². The number of nitrogens with one attached hydrogen (secondary N) is 1. The van der Waals surface area contributed by atoms with Crippen LogP contribution in [0.4, 0.5) is 5.69 Å². The van der Waals surface area contributed by atoms with E-state index in [1.807, 2.05) is 0 Å². The summed E-state index contributed by atoms with van der Waals surface area (Å²) in [5.74, 6) is -1.40. The van der Waals surface area contributed by atoms with Crippen LogP contribution in [0.3, 0.4) is 0 Å². The van der Waals surface area contributed by atoms with Crippen LogP contribution in [0.1, 0.15) is 13.8 Å². The fourth-order valence-electron chi connectivity index (χ4n) is 1.59. The van der Waals surface area contributed by atoms with Crippen molar-refractivity contribution in [2.24, 2.45) is 0 Å². The summed E-state index contributed by atoms with van der Waals surface area (Å²) in [4.78, 5) is 35.2. The number of ether oxygens (including phenoxy) is 3. The molecule has 23 heavy (non-hydrogen) atoms. The number of anilines is 1. The van der Waals surface area contributed by atoms with E-state index in [2.05, 4.69) is 5.32 Å². The lowest BCUT2D eigenvalue weighted by Gasteiger charge is -2.07. The Hall–Kier alpha value is -2.83. The van der Waals surface area contributed by atoms with E-state index < -0.39 is 11.9 Å². The topological polar surface area (TPSA) is 90.9 Å². The molecule has 1 aromatic rings. The molecule has 1 N–H and O–H groups in total. The summed E-state index contributed by atoms with van der Waals surface area (Å²) in [5, 5.41) is 2.76.